The van der Waals surface area contributed by atoms with Gasteiger partial charge in [0.25, 0.3) is 5.56 Å². The molecular weight excluding hydrogens is 512 g/mol. The number of halogens is 1. The van der Waals surface area contributed by atoms with Crippen molar-refractivity contribution in [1.29, 1.82) is 0 Å². The number of aromatic amines is 1. The summed E-state index contributed by atoms with van der Waals surface area (Å²) in [5.74, 6) is -0.477. The van der Waals surface area contributed by atoms with Gasteiger partial charge in [0.05, 0.1) is 6.61 Å². The number of aromatic nitrogens is 2. The molecule has 37 heavy (non-hydrogen) atoms. The summed E-state index contributed by atoms with van der Waals surface area (Å²) < 4.78 is 51.9. The van der Waals surface area contributed by atoms with Crippen molar-refractivity contribution in [2.45, 2.75) is 69.4 Å². The lowest BCUT2D eigenvalue weighted by Gasteiger charge is -2.28. The predicted octanol–water partition coefficient (Wildman–Crippen LogP) is 1.80. The van der Waals surface area contributed by atoms with Gasteiger partial charge in [-0.1, -0.05) is 18.2 Å². The summed E-state index contributed by atoms with van der Waals surface area (Å²) in [6, 6.07) is 7.96. The average molecular weight is 541 g/mol. The van der Waals surface area contributed by atoms with E-state index in [1.165, 1.54) is 19.1 Å². The molecule has 3 N–H and O–H groups in total. The Labute approximate surface area is 211 Å². The van der Waals surface area contributed by atoms with Gasteiger partial charge in [-0.25, -0.2) is 13.8 Å². The fraction of sp³-hybridized carbons (Fsp3) is 0.522. The van der Waals surface area contributed by atoms with Gasteiger partial charge in [0.15, 0.2) is 11.9 Å². The van der Waals surface area contributed by atoms with Crippen molar-refractivity contribution in [3.8, 4) is 5.75 Å². The van der Waals surface area contributed by atoms with Gasteiger partial charge in [-0.2, -0.15) is 5.09 Å². The van der Waals surface area contributed by atoms with Crippen molar-refractivity contribution in [3.63, 3.8) is 0 Å². The summed E-state index contributed by atoms with van der Waals surface area (Å²) in [7, 11) is -4.29. The van der Waals surface area contributed by atoms with Gasteiger partial charge in [-0.05, 0) is 45.2 Å². The second-order valence-corrected chi connectivity index (χ2v) is 10.9. The first-order valence-corrected chi connectivity index (χ1v) is 13.3. The van der Waals surface area contributed by atoms with Crippen molar-refractivity contribution in [3.05, 3.63) is 63.4 Å². The van der Waals surface area contributed by atoms with Crippen molar-refractivity contribution in [1.82, 2.24) is 14.6 Å². The second kappa shape index (κ2) is 10.9. The first-order chi connectivity index (χ1) is 17.5. The number of esters is 1. The molecule has 1 aliphatic heterocycles. The number of ether oxygens (including phenoxy) is 2. The summed E-state index contributed by atoms with van der Waals surface area (Å²) in [5, 5.41) is 13.1. The first kappa shape index (κ1) is 27.2. The predicted molar refractivity (Wildman–Crippen MR) is 128 cm³/mol. The van der Waals surface area contributed by atoms with Crippen LogP contribution in [0.5, 0.6) is 5.75 Å². The third kappa shape index (κ3) is 6.19. The lowest BCUT2D eigenvalue weighted by molar-refractivity contribution is -0.154. The molecule has 2 aromatic rings. The third-order valence-electron chi connectivity index (χ3n) is 6.24. The molecule has 1 saturated heterocycles. The number of para-hydroxylation sites is 1. The molecule has 0 amide bonds. The summed E-state index contributed by atoms with van der Waals surface area (Å²) in [6.07, 6.45) is -1.48. The molecule has 6 atom stereocenters. The summed E-state index contributed by atoms with van der Waals surface area (Å²) >= 11 is 0. The molecule has 12 nitrogen and oxygen atoms in total. The Morgan fingerprint density at radius 1 is 1.32 bits per heavy atom. The first-order valence-electron chi connectivity index (χ1n) is 11.8. The fourth-order valence-corrected chi connectivity index (χ4v) is 5.39. The minimum absolute atomic E-state index is 0.166. The highest BCUT2D eigenvalue weighted by Gasteiger charge is 2.56. The fourth-order valence-electron chi connectivity index (χ4n) is 3.89. The quantitative estimate of drug-likeness (QED) is 0.299. The van der Waals surface area contributed by atoms with Gasteiger partial charge in [0, 0.05) is 12.3 Å². The zero-order valence-electron chi connectivity index (χ0n) is 20.2. The van der Waals surface area contributed by atoms with Crippen LogP contribution in [0.1, 0.15) is 39.3 Å². The van der Waals surface area contributed by atoms with E-state index in [1.807, 2.05) is 4.98 Å². The summed E-state index contributed by atoms with van der Waals surface area (Å²) in [6.45, 7) is 1.83. The number of rotatable bonds is 10. The van der Waals surface area contributed by atoms with Crippen LogP contribution in [0.2, 0.25) is 0 Å². The maximum absolute atomic E-state index is 15.5. The largest absolute Gasteiger partial charge is 0.461 e. The molecule has 1 saturated carbocycles. The highest BCUT2D eigenvalue weighted by atomic mass is 31.2. The van der Waals surface area contributed by atoms with Crippen molar-refractivity contribution in [2.75, 3.05) is 6.61 Å². The molecule has 1 aromatic heterocycles. The van der Waals surface area contributed by atoms with Gasteiger partial charge in [-0.15, -0.1) is 0 Å². The normalized spacial score (nSPS) is 28.2. The molecule has 202 valence electrons. The molecule has 2 aliphatic rings. The number of carbonyl (C=O) groups is 1. The SMILES string of the molecule is C[C@H](NP(=O)(OC[C@H]1O[C@@H](n2ccc(=O)[nH]c2=O)[C@](C)(F)[C@@H]1O)Oc1ccccc1)C(=O)OC1CCC1. The van der Waals surface area contributed by atoms with E-state index in [1.54, 1.807) is 18.2 Å². The molecule has 2 fully saturated rings. The van der Waals surface area contributed by atoms with Crippen LogP contribution in [0, 0.1) is 0 Å². The number of aliphatic hydroxyl groups is 1. The molecule has 1 aliphatic carbocycles. The van der Waals surface area contributed by atoms with Gasteiger partial charge >= 0.3 is 19.4 Å². The molecule has 1 unspecified atom stereocenters. The van der Waals surface area contributed by atoms with E-state index in [0.717, 1.165) is 43.0 Å². The van der Waals surface area contributed by atoms with Gasteiger partial charge in [0.2, 0.25) is 0 Å². The minimum Gasteiger partial charge on any atom is -0.461 e. The minimum atomic E-state index is -4.29. The third-order valence-corrected chi connectivity index (χ3v) is 7.88. The molecule has 4 rings (SSSR count). The number of hydrogen-bond donors (Lipinski definition) is 3. The second-order valence-electron chi connectivity index (χ2n) is 9.18. The van der Waals surface area contributed by atoms with Crippen LogP contribution < -0.4 is 20.9 Å². The topological polar surface area (TPSA) is 158 Å². The lowest BCUT2D eigenvalue weighted by atomic mass is 9.96. The van der Waals surface area contributed by atoms with Crippen molar-refractivity contribution >= 4 is 13.7 Å². The maximum Gasteiger partial charge on any atom is 0.459 e. The maximum atomic E-state index is 15.5. The van der Waals surface area contributed by atoms with Crippen LogP contribution in [0.25, 0.3) is 0 Å². The number of hydrogen-bond acceptors (Lipinski definition) is 9. The molecule has 0 radical (unpaired) electrons. The number of alkyl halides is 1. The number of benzene rings is 1. The summed E-state index contributed by atoms with van der Waals surface area (Å²) in [4.78, 5) is 38.0. The Kier molecular flexibility index (Phi) is 8.00. The van der Waals surface area contributed by atoms with Crippen LogP contribution in [0.15, 0.2) is 52.2 Å². The molecule has 1 aromatic carbocycles. The Hall–Kier alpha value is -2.83. The molecule has 2 heterocycles. The van der Waals surface area contributed by atoms with Crippen LogP contribution in [0.3, 0.4) is 0 Å². The Morgan fingerprint density at radius 2 is 2.03 bits per heavy atom. The standard InChI is InChI=1S/C23H29FN3O9P/c1-14(20(30)34-15-9-6-10-15)26-37(32,36-16-7-4-3-5-8-16)33-13-17-19(29)23(2,24)21(35-17)27-12-11-18(28)25-22(27)31/h3-5,7-8,11-12,14-15,17,19,21,29H,6,9-10,13H2,1-2H3,(H,26,32)(H,25,28,31)/t14-,17+,19+,21+,23+,37?/m0/s1. The van der Waals surface area contributed by atoms with Crippen LogP contribution in [-0.2, 0) is 23.4 Å². The van der Waals surface area contributed by atoms with E-state index in [-0.39, 0.29) is 11.9 Å². The molecule has 14 heteroatoms. The van der Waals surface area contributed by atoms with E-state index in [2.05, 4.69) is 5.09 Å². The van der Waals surface area contributed by atoms with E-state index in [4.69, 9.17) is 18.5 Å². The zero-order valence-corrected chi connectivity index (χ0v) is 21.1. The monoisotopic (exact) mass is 541 g/mol. The van der Waals surface area contributed by atoms with Gasteiger partial charge in [0.1, 0.15) is 30.1 Å². The molecule has 0 spiro atoms. The van der Waals surface area contributed by atoms with E-state index in [0.29, 0.717) is 0 Å². The van der Waals surface area contributed by atoms with Crippen molar-refractivity contribution in [2.24, 2.45) is 0 Å². The Bertz CT molecular complexity index is 1260. The molecular formula is C23H29FN3O9P. The van der Waals surface area contributed by atoms with Gasteiger partial charge < -0.3 is 19.1 Å². The smallest absolute Gasteiger partial charge is 0.459 e. The van der Waals surface area contributed by atoms with Crippen LogP contribution in [-0.4, -0.2) is 57.3 Å². The van der Waals surface area contributed by atoms with Gasteiger partial charge in [-0.3, -0.25) is 23.7 Å². The number of carbonyl (C=O) groups excluding carboxylic acids is 1. The van der Waals surface area contributed by atoms with E-state index in [9.17, 15) is 24.1 Å². The molecule has 0 bridgehead atoms. The Morgan fingerprint density at radius 3 is 2.65 bits per heavy atom. The van der Waals surface area contributed by atoms with E-state index < -0.39 is 61.7 Å². The number of nitrogens with zero attached hydrogens (tertiary/aromatic N) is 1. The average Bonchev–Trinajstić information content (AvgIpc) is 3.04. The summed E-state index contributed by atoms with van der Waals surface area (Å²) in [5.41, 5.74) is -4.10. The van der Waals surface area contributed by atoms with Crippen LogP contribution >= 0.6 is 7.75 Å². The number of aliphatic hydroxyl groups excluding tert-OH is 1. The highest BCUT2D eigenvalue weighted by Crippen LogP contribution is 2.47. The van der Waals surface area contributed by atoms with E-state index >= 15 is 4.39 Å². The number of nitrogens with one attached hydrogen (secondary N) is 2. The number of H-pyrrole nitrogens is 1. The Balaban J connectivity index is 1.49. The van der Waals surface area contributed by atoms with Crippen LogP contribution in [0.4, 0.5) is 4.39 Å². The van der Waals surface area contributed by atoms with Crippen molar-refractivity contribution < 1.29 is 37.4 Å². The zero-order chi connectivity index (χ0) is 26.8. The highest BCUT2D eigenvalue weighted by molar-refractivity contribution is 7.52. The lowest BCUT2D eigenvalue weighted by Crippen LogP contribution is -2.44.